The van der Waals surface area contributed by atoms with E-state index in [1.807, 2.05) is 18.2 Å². The molecule has 2 aromatic rings. The molecule has 0 aromatic carbocycles. The lowest BCUT2D eigenvalue weighted by Crippen LogP contribution is -1.97. The van der Waals surface area contributed by atoms with Gasteiger partial charge in [0.05, 0.1) is 12.1 Å². The Morgan fingerprint density at radius 3 is 3.00 bits per heavy atom. The lowest BCUT2D eigenvalue weighted by atomic mass is 10.3. The average Bonchev–Trinajstić information content (AvgIpc) is 2.26. The Labute approximate surface area is 102 Å². The Morgan fingerprint density at radius 2 is 2.20 bits per heavy atom. The molecule has 0 aliphatic carbocycles. The molecule has 2 aromatic heterocycles. The van der Waals surface area contributed by atoms with Crippen molar-refractivity contribution in [3.63, 3.8) is 0 Å². The van der Waals surface area contributed by atoms with Gasteiger partial charge in [-0.25, -0.2) is 4.98 Å². The maximum atomic E-state index is 5.62. The van der Waals surface area contributed by atoms with Gasteiger partial charge in [-0.2, -0.15) is 0 Å². The van der Waals surface area contributed by atoms with Crippen LogP contribution in [0.3, 0.4) is 0 Å². The van der Waals surface area contributed by atoms with Crippen molar-refractivity contribution in [2.24, 2.45) is 0 Å². The van der Waals surface area contributed by atoms with Gasteiger partial charge in [0.2, 0.25) is 0 Å². The molecule has 0 unspecified atom stereocenters. The summed E-state index contributed by atoms with van der Waals surface area (Å²) in [6, 6.07) is 5.77. The van der Waals surface area contributed by atoms with E-state index >= 15 is 0 Å². The molecule has 0 bridgehead atoms. The number of ether oxygens (including phenoxy) is 1. The van der Waals surface area contributed by atoms with Gasteiger partial charge in [0, 0.05) is 12.3 Å². The van der Waals surface area contributed by atoms with Crippen LogP contribution < -0.4 is 4.74 Å². The van der Waals surface area contributed by atoms with Crippen molar-refractivity contribution in [1.82, 2.24) is 9.97 Å². The summed E-state index contributed by atoms with van der Waals surface area (Å²) in [5, 5.41) is 0. The van der Waals surface area contributed by atoms with Crippen molar-refractivity contribution in [1.29, 1.82) is 0 Å². The Kier molecular flexibility index (Phi) is 3.35. The second-order valence-electron chi connectivity index (χ2n) is 3.16. The lowest BCUT2D eigenvalue weighted by molar-refractivity contribution is 0.320. The normalized spacial score (nSPS) is 10.5. The lowest BCUT2D eigenvalue weighted by Gasteiger charge is -2.06. The molecule has 0 aliphatic rings. The minimum atomic E-state index is 0.715. The van der Waals surface area contributed by atoms with Crippen LogP contribution in [-0.2, 0) is 0 Å². The predicted octanol–water partition coefficient (Wildman–Crippen LogP) is 3.02. The monoisotopic (exact) mass is 314 g/mol. The zero-order chi connectivity index (χ0) is 10.7. The van der Waals surface area contributed by atoms with Crippen molar-refractivity contribution >= 4 is 33.6 Å². The molecule has 2 rings (SSSR count). The van der Waals surface area contributed by atoms with E-state index in [9.17, 15) is 0 Å². The highest BCUT2D eigenvalue weighted by atomic mass is 127. The summed E-state index contributed by atoms with van der Waals surface area (Å²) in [5.74, 6) is 0.820. The number of fused-ring (bicyclic) bond motifs is 1. The maximum Gasteiger partial charge on any atom is 0.148 e. The van der Waals surface area contributed by atoms with Crippen LogP contribution in [0.4, 0.5) is 0 Å². The Bertz CT molecular complexity index is 473. The van der Waals surface area contributed by atoms with Gasteiger partial charge in [-0.1, -0.05) is 6.92 Å². The van der Waals surface area contributed by atoms with Gasteiger partial charge in [0.15, 0.2) is 0 Å². The van der Waals surface area contributed by atoms with Crippen LogP contribution >= 0.6 is 22.6 Å². The van der Waals surface area contributed by atoms with Crippen LogP contribution in [0, 0.1) is 3.70 Å². The third kappa shape index (κ3) is 2.37. The molecule has 2 heterocycles. The molecule has 78 valence electrons. The Hall–Kier alpha value is -0.910. The summed E-state index contributed by atoms with van der Waals surface area (Å²) in [6.45, 7) is 2.80. The topological polar surface area (TPSA) is 35.0 Å². The van der Waals surface area contributed by atoms with Crippen LogP contribution in [0.2, 0.25) is 0 Å². The summed E-state index contributed by atoms with van der Waals surface area (Å²) in [7, 11) is 0. The van der Waals surface area contributed by atoms with E-state index in [2.05, 4.69) is 39.5 Å². The van der Waals surface area contributed by atoms with Crippen molar-refractivity contribution < 1.29 is 4.74 Å². The van der Waals surface area contributed by atoms with Crippen molar-refractivity contribution in [2.75, 3.05) is 6.61 Å². The molecule has 4 heteroatoms. The number of halogens is 1. The maximum absolute atomic E-state index is 5.62. The van der Waals surface area contributed by atoms with Crippen LogP contribution in [-0.4, -0.2) is 16.6 Å². The number of pyridine rings is 2. The van der Waals surface area contributed by atoms with Gasteiger partial charge in [-0.05, 0) is 41.1 Å². The fourth-order valence-electron chi connectivity index (χ4n) is 1.31. The van der Waals surface area contributed by atoms with E-state index in [0.717, 1.165) is 26.9 Å². The fraction of sp³-hybridized carbons (Fsp3) is 0.273. The third-order valence-electron chi connectivity index (χ3n) is 1.97. The molecule has 0 spiro atoms. The second kappa shape index (κ2) is 4.74. The van der Waals surface area contributed by atoms with E-state index in [1.54, 1.807) is 6.20 Å². The minimum Gasteiger partial charge on any atom is -0.491 e. The fourth-order valence-corrected chi connectivity index (χ4v) is 1.73. The van der Waals surface area contributed by atoms with E-state index < -0.39 is 0 Å². The summed E-state index contributed by atoms with van der Waals surface area (Å²) in [6.07, 6.45) is 2.75. The van der Waals surface area contributed by atoms with Crippen LogP contribution in [0.25, 0.3) is 11.0 Å². The van der Waals surface area contributed by atoms with Gasteiger partial charge in [0.25, 0.3) is 0 Å². The minimum absolute atomic E-state index is 0.715. The van der Waals surface area contributed by atoms with Gasteiger partial charge in [-0.15, -0.1) is 0 Å². The zero-order valence-corrected chi connectivity index (χ0v) is 10.6. The highest BCUT2D eigenvalue weighted by Crippen LogP contribution is 2.22. The van der Waals surface area contributed by atoms with E-state index in [1.165, 1.54) is 0 Å². The van der Waals surface area contributed by atoms with Crippen LogP contribution in [0.15, 0.2) is 24.4 Å². The molecule has 15 heavy (non-hydrogen) atoms. The largest absolute Gasteiger partial charge is 0.491 e. The van der Waals surface area contributed by atoms with Crippen molar-refractivity contribution in [3.8, 4) is 5.75 Å². The van der Waals surface area contributed by atoms with Crippen LogP contribution in [0.5, 0.6) is 5.75 Å². The third-order valence-corrected chi connectivity index (χ3v) is 2.58. The van der Waals surface area contributed by atoms with E-state index in [-0.39, 0.29) is 0 Å². The number of hydrogen-bond donors (Lipinski definition) is 0. The standard InChI is InChI=1S/C11H11IN2O/c1-2-7-15-9-5-6-13-8-3-4-10(12)14-11(8)9/h3-6H,2,7H2,1H3. The first-order valence-electron chi connectivity index (χ1n) is 4.85. The van der Waals surface area contributed by atoms with E-state index in [4.69, 9.17) is 4.74 Å². The summed E-state index contributed by atoms with van der Waals surface area (Å²) in [4.78, 5) is 8.67. The molecule has 0 amide bonds. The smallest absolute Gasteiger partial charge is 0.148 e. The van der Waals surface area contributed by atoms with Crippen LogP contribution in [0.1, 0.15) is 13.3 Å². The Morgan fingerprint density at radius 1 is 1.33 bits per heavy atom. The molecular weight excluding hydrogens is 303 g/mol. The molecule has 0 fully saturated rings. The number of hydrogen-bond acceptors (Lipinski definition) is 3. The Balaban J connectivity index is 2.48. The quantitative estimate of drug-likeness (QED) is 0.645. The number of aromatic nitrogens is 2. The molecular formula is C11H11IN2O. The first-order chi connectivity index (χ1) is 7.31. The number of rotatable bonds is 3. The first-order valence-corrected chi connectivity index (χ1v) is 5.93. The molecule has 0 atom stereocenters. The first kappa shape index (κ1) is 10.6. The molecule has 0 aliphatic heterocycles. The van der Waals surface area contributed by atoms with Gasteiger partial charge >= 0.3 is 0 Å². The number of nitrogens with zero attached hydrogens (tertiary/aromatic N) is 2. The molecule has 0 saturated carbocycles. The summed E-state index contributed by atoms with van der Waals surface area (Å²) >= 11 is 2.19. The average molecular weight is 314 g/mol. The molecule has 0 N–H and O–H groups in total. The second-order valence-corrected chi connectivity index (χ2v) is 4.26. The summed E-state index contributed by atoms with van der Waals surface area (Å²) in [5.41, 5.74) is 1.72. The van der Waals surface area contributed by atoms with Gasteiger partial charge in [0.1, 0.15) is 15.0 Å². The van der Waals surface area contributed by atoms with E-state index in [0.29, 0.717) is 6.61 Å². The zero-order valence-electron chi connectivity index (χ0n) is 8.40. The van der Waals surface area contributed by atoms with Crippen molar-refractivity contribution in [3.05, 3.63) is 28.1 Å². The molecule has 0 saturated heterocycles. The highest BCUT2D eigenvalue weighted by Gasteiger charge is 2.04. The molecule has 3 nitrogen and oxygen atoms in total. The highest BCUT2D eigenvalue weighted by molar-refractivity contribution is 14.1. The SMILES string of the molecule is CCCOc1ccnc2ccc(I)nc12. The summed E-state index contributed by atoms with van der Waals surface area (Å²) < 4.78 is 6.57. The molecule has 0 radical (unpaired) electrons. The van der Waals surface area contributed by atoms with Gasteiger partial charge < -0.3 is 4.74 Å². The van der Waals surface area contributed by atoms with Gasteiger partial charge in [-0.3, -0.25) is 4.98 Å². The van der Waals surface area contributed by atoms with Crippen molar-refractivity contribution in [2.45, 2.75) is 13.3 Å². The predicted molar refractivity (Wildman–Crippen MR) is 68.0 cm³/mol.